The molecule has 0 spiro atoms. The van der Waals surface area contributed by atoms with Crippen LogP contribution in [0.5, 0.6) is 0 Å². The van der Waals surface area contributed by atoms with Gasteiger partial charge in [0, 0.05) is 37.8 Å². The standard InChI is InChI=1S/C11H20N4O2S2/c12-3-1-2-10-19(16,17)15-7-5-14(6-8-15)11-13-4-9-18-11/h4,9H,1-3,5-8,10,12H2. The Kier molecular flexibility index (Phi) is 5.14. The molecule has 0 amide bonds. The van der Waals surface area contributed by atoms with E-state index in [9.17, 15) is 8.42 Å². The third-order valence-electron chi connectivity index (χ3n) is 3.18. The van der Waals surface area contributed by atoms with Gasteiger partial charge in [-0.05, 0) is 19.4 Å². The summed E-state index contributed by atoms with van der Waals surface area (Å²) >= 11 is 1.59. The van der Waals surface area contributed by atoms with Gasteiger partial charge in [-0.3, -0.25) is 0 Å². The summed E-state index contributed by atoms with van der Waals surface area (Å²) in [6, 6.07) is 0. The summed E-state index contributed by atoms with van der Waals surface area (Å²) in [6.45, 7) is 3.07. The highest BCUT2D eigenvalue weighted by atomic mass is 32.2. The lowest BCUT2D eigenvalue weighted by Gasteiger charge is -2.33. The van der Waals surface area contributed by atoms with Gasteiger partial charge in [0.25, 0.3) is 0 Å². The van der Waals surface area contributed by atoms with E-state index in [0.717, 1.165) is 11.6 Å². The molecule has 0 saturated carbocycles. The van der Waals surface area contributed by atoms with Crippen LogP contribution in [0.15, 0.2) is 11.6 Å². The lowest BCUT2D eigenvalue weighted by Crippen LogP contribution is -2.49. The number of hydrogen-bond donors (Lipinski definition) is 1. The average Bonchev–Trinajstić information content (AvgIpc) is 2.93. The maximum absolute atomic E-state index is 12.1. The minimum Gasteiger partial charge on any atom is -0.345 e. The highest BCUT2D eigenvalue weighted by molar-refractivity contribution is 7.89. The summed E-state index contributed by atoms with van der Waals surface area (Å²) in [5, 5.41) is 2.91. The normalized spacial score (nSPS) is 17.8. The second-order valence-electron chi connectivity index (χ2n) is 4.51. The molecule has 8 heteroatoms. The molecule has 2 heterocycles. The zero-order valence-electron chi connectivity index (χ0n) is 10.9. The van der Waals surface area contributed by atoms with Crippen LogP contribution in [-0.2, 0) is 10.0 Å². The molecular weight excluding hydrogens is 284 g/mol. The maximum atomic E-state index is 12.1. The molecular formula is C11H20N4O2S2. The molecule has 108 valence electrons. The molecule has 1 aliphatic heterocycles. The zero-order chi connectivity index (χ0) is 13.7. The van der Waals surface area contributed by atoms with Gasteiger partial charge in [-0.25, -0.2) is 13.4 Å². The maximum Gasteiger partial charge on any atom is 0.214 e. The van der Waals surface area contributed by atoms with Crippen molar-refractivity contribution in [3.05, 3.63) is 11.6 Å². The van der Waals surface area contributed by atoms with Crippen LogP contribution < -0.4 is 10.6 Å². The quantitative estimate of drug-likeness (QED) is 0.766. The van der Waals surface area contributed by atoms with Crippen LogP contribution >= 0.6 is 11.3 Å². The fourth-order valence-corrected chi connectivity index (χ4v) is 4.33. The fourth-order valence-electron chi connectivity index (χ4n) is 2.09. The zero-order valence-corrected chi connectivity index (χ0v) is 12.5. The summed E-state index contributed by atoms with van der Waals surface area (Å²) in [6.07, 6.45) is 3.18. The average molecular weight is 304 g/mol. The number of nitrogens with two attached hydrogens (primary N) is 1. The molecule has 19 heavy (non-hydrogen) atoms. The van der Waals surface area contributed by atoms with Crippen LogP contribution in [0.1, 0.15) is 12.8 Å². The van der Waals surface area contributed by atoms with E-state index < -0.39 is 10.0 Å². The minimum atomic E-state index is -3.11. The van der Waals surface area contributed by atoms with E-state index in [0.29, 0.717) is 39.1 Å². The van der Waals surface area contributed by atoms with Crippen molar-refractivity contribution in [3.8, 4) is 0 Å². The molecule has 1 aromatic rings. The van der Waals surface area contributed by atoms with Gasteiger partial charge in [0.15, 0.2) is 5.13 Å². The lowest BCUT2D eigenvalue weighted by atomic mass is 10.3. The SMILES string of the molecule is NCCCCS(=O)(=O)N1CCN(c2nccs2)CC1. The number of thiazole rings is 1. The molecule has 0 radical (unpaired) electrons. The molecule has 6 nitrogen and oxygen atoms in total. The van der Waals surface area contributed by atoms with Crippen molar-refractivity contribution in [1.82, 2.24) is 9.29 Å². The third-order valence-corrected chi connectivity index (χ3v) is 5.97. The van der Waals surface area contributed by atoms with Gasteiger partial charge in [0.1, 0.15) is 0 Å². The van der Waals surface area contributed by atoms with E-state index in [1.807, 2.05) is 5.38 Å². The molecule has 0 bridgehead atoms. The van der Waals surface area contributed by atoms with Crippen molar-refractivity contribution < 1.29 is 8.42 Å². The van der Waals surface area contributed by atoms with Crippen molar-refractivity contribution in [2.24, 2.45) is 5.73 Å². The summed E-state index contributed by atoms with van der Waals surface area (Å²) < 4.78 is 25.8. The highest BCUT2D eigenvalue weighted by Gasteiger charge is 2.27. The first-order valence-electron chi connectivity index (χ1n) is 6.46. The van der Waals surface area contributed by atoms with E-state index in [1.54, 1.807) is 21.8 Å². The van der Waals surface area contributed by atoms with E-state index in [4.69, 9.17) is 5.73 Å². The number of piperazine rings is 1. The molecule has 1 saturated heterocycles. The number of nitrogens with zero attached hydrogens (tertiary/aromatic N) is 3. The molecule has 0 aromatic carbocycles. The van der Waals surface area contributed by atoms with Gasteiger partial charge in [0.05, 0.1) is 5.75 Å². The third kappa shape index (κ3) is 3.88. The van der Waals surface area contributed by atoms with Crippen molar-refractivity contribution in [3.63, 3.8) is 0 Å². The van der Waals surface area contributed by atoms with Crippen LogP contribution in [-0.4, -0.2) is 56.2 Å². The van der Waals surface area contributed by atoms with Crippen LogP contribution in [0.3, 0.4) is 0 Å². The van der Waals surface area contributed by atoms with E-state index >= 15 is 0 Å². The number of rotatable bonds is 6. The molecule has 2 N–H and O–H groups in total. The first-order valence-corrected chi connectivity index (χ1v) is 8.95. The van der Waals surface area contributed by atoms with Gasteiger partial charge in [-0.15, -0.1) is 11.3 Å². The highest BCUT2D eigenvalue weighted by Crippen LogP contribution is 2.20. The lowest BCUT2D eigenvalue weighted by molar-refractivity contribution is 0.384. The summed E-state index contributed by atoms with van der Waals surface area (Å²) in [5.74, 6) is 0.210. The van der Waals surface area contributed by atoms with Crippen molar-refractivity contribution >= 4 is 26.5 Å². The monoisotopic (exact) mass is 304 g/mol. The molecule has 1 aromatic heterocycles. The van der Waals surface area contributed by atoms with Crippen molar-refractivity contribution in [1.29, 1.82) is 0 Å². The van der Waals surface area contributed by atoms with Gasteiger partial charge in [0.2, 0.25) is 10.0 Å². The number of aromatic nitrogens is 1. The Bertz CT molecular complexity index is 467. The van der Waals surface area contributed by atoms with Gasteiger partial charge >= 0.3 is 0 Å². The number of anilines is 1. The molecule has 0 unspecified atom stereocenters. The second kappa shape index (κ2) is 6.65. The van der Waals surface area contributed by atoms with Crippen LogP contribution in [0.2, 0.25) is 0 Å². The van der Waals surface area contributed by atoms with Crippen LogP contribution in [0.4, 0.5) is 5.13 Å². The Morgan fingerprint density at radius 1 is 1.26 bits per heavy atom. The summed E-state index contributed by atoms with van der Waals surface area (Å²) in [5.41, 5.74) is 5.39. The molecule has 0 atom stereocenters. The molecule has 2 rings (SSSR count). The van der Waals surface area contributed by atoms with E-state index in [1.165, 1.54) is 0 Å². The topological polar surface area (TPSA) is 79.5 Å². The fraction of sp³-hybridized carbons (Fsp3) is 0.727. The predicted molar refractivity (Wildman–Crippen MR) is 78.0 cm³/mol. The number of hydrogen-bond acceptors (Lipinski definition) is 6. The van der Waals surface area contributed by atoms with E-state index in [-0.39, 0.29) is 5.75 Å². The summed E-state index contributed by atoms with van der Waals surface area (Å²) in [4.78, 5) is 6.39. The first-order chi connectivity index (χ1) is 9.13. The predicted octanol–water partition coefficient (Wildman–Crippen LogP) is 0.334. The Balaban J connectivity index is 1.85. The van der Waals surface area contributed by atoms with Gasteiger partial charge < -0.3 is 10.6 Å². The van der Waals surface area contributed by atoms with Crippen molar-refractivity contribution in [2.45, 2.75) is 12.8 Å². The molecule has 1 aliphatic rings. The Hall–Kier alpha value is -0.700. The Morgan fingerprint density at radius 3 is 2.58 bits per heavy atom. The number of sulfonamides is 1. The van der Waals surface area contributed by atoms with Gasteiger partial charge in [-0.2, -0.15) is 4.31 Å². The first kappa shape index (κ1) is 14.7. The molecule has 1 fully saturated rings. The van der Waals surface area contributed by atoms with Crippen LogP contribution in [0, 0.1) is 0 Å². The minimum absolute atomic E-state index is 0.210. The largest absolute Gasteiger partial charge is 0.345 e. The molecule has 0 aliphatic carbocycles. The number of unbranched alkanes of at least 4 members (excludes halogenated alkanes) is 1. The Labute approximate surface area is 118 Å². The van der Waals surface area contributed by atoms with Crippen LogP contribution in [0.25, 0.3) is 0 Å². The van der Waals surface area contributed by atoms with E-state index in [2.05, 4.69) is 9.88 Å². The Morgan fingerprint density at radius 2 is 2.00 bits per heavy atom. The second-order valence-corrected chi connectivity index (χ2v) is 7.47. The smallest absolute Gasteiger partial charge is 0.214 e. The summed E-state index contributed by atoms with van der Waals surface area (Å²) in [7, 11) is -3.11. The van der Waals surface area contributed by atoms with Crippen molar-refractivity contribution in [2.75, 3.05) is 43.4 Å². The van der Waals surface area contributed by atoms with Gasteiger partial charge in [-0.1, -0.05) is 0 Å².